The molecule has 1 aromatic carbocycles. The van der Waals surface area contributed by atoms with Crippen molar-refractivity contribution in [3.05, 3.63) is 35.9 Å². The van der Waals surface area contributed by atoms with Crippen LogP contribution in [0.1, 0.15) is 92.7 Å². The number of benzene rings is 1. The zero-order chi connectivity index (χ0) is 38.6. The molecule has 4 amide bonds. The zero-order valence-electron chi connectivity index (χ0n) is 33.1. The Bertz CT molecular complexity index is 1250. The lowest BCUT2D eigenvalue weighted by atomic mass is 9.89. The Hall–Kier alpha value is -3.06. The van der Waals surface area contributed by atoms with E-state index in [2.05, 4.69) is 16.0 Å². The lowest BCUT2D eigenvalue weighted by molar-refractivity contribution is -0.148. The molecule has 1 saturated heterocycles. The highest BCUT2D eigenvalue weighted by atomic mass is 16.5. The standard InChI is InChI=1S/C39H67N5O7/c1-13-25(6)34(43(10)39(49)33(24(4)5)42-38(48)32(40-9)23(2)3)30(50-11)22-31(45)44-21-17-20-29(44)36(51-12)26(7)37(47)41-27(8)35(46)28-18-15-14-16-19-28/h14-16,18-19,23-27,29-30,32-36,40,46H,13,17,20-22H2,1-12H3,(H,41,47)(H,42,48)/t25-,26+,27+,29+,30+,32-,33-,34-,35+,36+/m0/s1. The first-order valence-electron chi connectivity index (χ1n) is 18.7. The molecule has 0 aliphatic carbocycles. The molecule has 0 spiro atoms. The van der Waals surface area contributed by atoms with E-state index in [4.69, 9.17) is 9.47 Å². The van der Waals surface area contributed by atoms with Crippen LogP contribution in [-0.4, -0.2) is 116 Å². The SMILES string of the molecule is CC[C@H](C)[C@@H]([C@@H](CC(=O)N1CCC[C@@H]1[C@H](OC)[C@@H](C)C(=O)N[C@H](C)[C@@H](O)c1ccccc1)OC)N(C)C(=O)[C@@H](NC(=O)[C@@H](NC)C(C)C)C(C)C. The summed E-state index contributed by atoms with van der Waals surface area (Å²) < 4.78 is 11.9. The van der Waals surface area contributed by atoms with E-state index in [1.807, 2.05) is 71.9 Å². The summed E-state index contributed by atoms with van der Waals surface area (Å²) in [5, 5.41) is 19.8. The molecule has 12 heteroatoms. The first-order valence-corrected chi connectivity index (χ1v) is 18.7. The highest BCUT2D eigenvalue weighted by molar-refractivity contribution is 5.90. The van der Waals surface area contributed by atoms with Crippen molar-refractivity contribution in [2.45, 2.75) is 130 Å². The van der Waals surface area contributed by atoms with Gasteiger partial charge in [-0.1, -0.05) is 85.2 Å². The minimum absolute atomic E-state index is 0.0148. The average Bonchev–Trinajstić information content (AvgIpc) is 3.59. The van der Waals surface area contributed by atoms with Gasteiger partial charge in [-0.2, -0.15) is 0 Å². The lowest BCUT2D eigenvalue weighted by Gasteiger charge is -2.41. The fraction of sp³-hybridized carbons (Fsp3) is 0.744. The maximum Gasteiger partial charge on any atom is 0.245 e. The van der Waals surface area contributed by atoms with Crippen LogP contribution in [0.4, 0.5) is 0 Å². The van der Waals surface area contributed by atoms with Gasteiger partial charge in [0.05, 0.1) is 54.8 Å². The van der Waals surface area contributed by atoms with Crippen molar-refractivity contribution in [2.24, 2.45) is 23.7 Å². The summed E-state index contributed by atoms with van der Waals surface area (Å²) in [5.41, 5.74) is 0.711. The summed E-state index contributed by atoms with van der Waals surface area (Å²) in [6, 6.07) is 6.67. The van der Waals surface area contributed by atoms with Crippen molar-refractivity contribution >= 4 is 23.6 Å². The molecule has 12 nitrogen and oxygen atoms in total. The van der Waals surface area contributed by atoms with Crippen LogP contribution in [-0.2, 0) is 28.7 Å². The van der Waals surface area contributed by atoms with E-state index >= 15 is 0 Å². The zero-order valence-corrected chi connectivity index (χ0v) is 33.1. The van der Waals surface area contributed by atoms with Crippen LogP contribution in [0.3, 0.4) is 0 Å². The van der Waals surface area contributed by atoms with Gasteiger partial charge in [-0.25, -0.2) is 0 Å². The van der Waals surface area contributed by atoms with Crippen LogP contribution in [0.5, 0.6) is 0 Å². The number of hydrogen-bond donors (Lipinski definition) is 4. The molecule has 4 N–H and O–H groups in total. The Balaban J connectivity index is 2.24. The number of ether oxygens (including phenoxy) is 2. The molecule has 1 heterocycles. The number of nitrogens with zero attached hydrogens (tertiary/aromatic N) is 2. The van der Waals surface area contributed by atoms with Gasteiger partial charge in [-0.05, 0) is 50.1 Å². The maximum atomic E-state index is 14.1. The van der Waals surface area contributed by atoms with E-state index in [1.54, 1.807) is 52.0 Å². The fourth-order valence-corrected chi connectivity index (χ4v) is 7.42. The number of nitrogens with one attached hydrogen (secondary N) is 3. The van der Waals surface area contributed by atoms with Crippen LogP contribution in [0, 0.1) is 23.7 Å². The van der Waals surface area contributed by atoms with Gasteiger partial charge in [0.15, 0.2) is 0 Å². The van der Waals surface area contributed by atoms with E-state index in [9.17, 15) is 24.3 Å². The van der Waals surface area contributed by atoms with Gasteiger partial charge in [0.25, 0.3) is 0 Å². The largest absolute Gasteiger partial charge is 0.386 e. The molecule has 0 saturated carbocycles. The van der Waals surface area contributed by atoms with Crippen molar-refractivity contribution in [2.75, 3.05) is 34.9 Å². The molecule has 0 radical (unpaired) electrons. The minimum Gasteiger partial charge on any atom is -0.386 e. The Morgan fingerprint density at radius 3 is 2.04 bits per heavy atom. The number of likely N-dealkylation sites (tertiary alicyclic amines) is 1. The van der Waals surface area contributed by atoms with Crippen LogP contribution in [0.2, 0.25) is 0 Å². The number of hydrogen-bond acceptors (Lipinski definition) is 8. The molecule has 1 aliphatic rings. The number of carbonyl (C=O) groups excluding carboxylic acids is 4. The maximum absolute atomic E-state index is 14.1. The molecular weight excluding hydrogens is 650 g/mol. The minimum atomic E-state index is -0.875. The van der Waals surface area contributed by atoms with Crippen molar-refractivity contribution < 1.29 is 33.8 Å². The van der Waals surface area contributed by atoms with Gasteiger partial charge in [-0.3, -0.25) is 19.2 Å². The molecule has 10 atom stereocenters. The topological polar surface area (TPSA) is 150 Å². The number of rotatable bonds is 20. The second kappa shape index (κ2) is 20.8. The number of aliphatic hydroxyl groups is 1. The molecular formula is C39H67N5O7. The highest BCUT2D eigenvalue weighted by Crippen LogP contribution is 2.30. The predicted octanol–water partition coefficient (Wildman–Crippen LogP) is 3.53. The third-order valence-corrected chi connectivity index (χ3v) is 10.7. The van der Waals surface area contributed by atoms with Crippen LogP contribution < -0.4 is 16.0 Å². The van der Waals surface area contributed by atoms with Gasteiger partial charge in [0.2, 0.25) is 23.6 Å². The van der Waals surface area contributed by atoms with Crippen LogP contribution in [0.25, 0.3) is 0 Å². The normalized spacial score (nSPS) is 20.1. The number of methoxy groups -OCH3 is 2. The smallest absolute Gasteiger partial charge is 0.245 e. The fourth-order valence-electron chi connectivity index (χ4n) is 7.42. The molecule has 1 aromatic rings. The summed E-state index contributed by atoms with van der Waals surface area (Å²) in [4.78, 5) is 58.3. The molecule has 0 unspecified atom stereocenters. The summed E-state index contributed by atoms with van der Waals surface area (Å²) >= 11 is 0. The number of amides is 4. The summed E-state index contributed by atoms with van der Waals surface area (Å²) in [6.45, 7) is 15.9. The lowest BCUT2D eigenvalue weighted by Crippen LogP contribution is -2.59. The van der Waals surface area contributed by atoms with E-state index < -0.39 is 48.4 Å². The molecule has 2 rings (SSSR count). The number of aliphatic hydroxyl groups excluding tert-OH is 1. The Labute approximate surface area is 306 Å². The Kier molecular flexibility index (Phi) is 18.0. The molecule has 290 valence electrons. The van der Waals surface area contributed by atoms with E-state index in [0.29, 0.717) is 18.5 Å². The highest BCUT2D eigenvalue weighted by Gasteiger charge is 2.43. The van der Waals surface area contributed by atoms with E-state index in [-0.39, 0.29) is 53.8 Å². The summed E-state index contributed by atoms with van der Waals surface area (Å²) in [5.74, 6) is -1.62. The number of likely N-dealkylation sites (N-methyl/N-ethyl adjacent to an activating group) is 2. The van der Waals surface area contributed by atoms with Gasteiger partial charge >= 0.3 is 0 Å². The molecule has 1 aliphatic heterocycles. The van der Waals surface area contributed by atoms with Crippen LogP contribution in [0.15, 0.2) is 30.3 Å². The van der Waals surface area contributed by atoms with Crippen molar-refractivity contribution in [1.82, 2.24) is 25.8 Å². The van der Waals surface area contributed by atoms with Gasteiger partial charge in [0, 0.05) is 27.8 Å². The monoisotopic (exact) mass is 718 g/mol. The van der Waals surface area contributed by atoms with Crippen molar-refractivity contribution in [3.63, 3.8) is 0 Å². The second-order valence-electron chi connectivity index (χ2n) is 15.0. The third-order valence-electron chi connectivity index (χ3n) is 10.7. The van der Waals surface area contributed by atoms with Gasteiger partial charge in [0.1, 0.15) is 6.04 Å². The summed E-state index contributed by atoms with van der Waals surface area (Å²) in [6.07, 6.45) is 0.147. The third kappa shape index (κ3) is 11.5. The predicted molar refractivity (Wildman–Crippen MR) is 200 cm³/mol. The quantitative estimate of drug-likeness (QED) is 0.160. The number of carbonyl (C=O) groups is 4. The first-order chi connectivity index (χ1) is 24.0. The van der Waals surface area contributed by atoms with Crippen molar-refractivity contribution in [3.8, 4) is 0 Å². The Morgan fingerprint density at radius 2 is 1.53 bits per heavy atom. The summed E-state index contributed by atoms with van der Waals surface area (Å²) in [7, 11) is 6.57. The van der Waals surface area contributed by atoms with E-state index in [1.165, 1.54) is 0 Å². The van der Waals surface area contributed by atoms with Gasteiger partial charge in [-0.15, -0.1) is 0 Å². The molecule has 51 heavy (non-hydrogen) atoms. The van der Waals surface area contributed by atoms with Gasteiger partial charge < -0.3 is 40.3 Å². The average molecular weight is 718 g/mol. The first kappa shape index (κ1) is 44.1. The second-order valence-corrected chi connectivity index (χ2v) is 15.0. The molecule has 0 aromatic heterocycles. The molecule has 1 fully saturated rings. The van der Waals surface area contributed by atoms with E-state index in [0.717, 1.165) is 12.8 Å². The van der Waals surface area contributed by atoms with Crippen LogP contribution >= 0.6 is 0 Å². The van der Waals surface area contributed by atoms with Crippen molar-refractivity contribution in [1.29, 1.82) is 0 Å². The molecule has 0 bridgehead atoms. The Morgan fingerprint density at radius 1 is 0.922 bits per heavy atom.